The molecule has 1 rings (SSSR count). The van der Waals surface area contributed by atoms with Crippen molar-refractivity contribution < 1.29 is 4.74 Å². The standard InChI is InChI=1S/C8H13NOS/c1-6(9)5-7-3-4-8(10-2)11-7/h3-4,6H,5,9H2,1-2H3/t6-/m1/s1. The fourth-order valence-electron chi connectivity index (χ4n) is 0.895. The molecule has 0 aliphatic heterocycles. The quantitative estimate of drug-likeness (QED) is 0.750. The first-order valence-corrected chi connectivity index (χ1v) is 4.42. The van der Waals surface area contributed by atoms with Crippen LogP contribution in [0.3, 0.4) is 0 Å². The summed E-state index contributed by atoms with van der Waals surface area (Å²) in [6.07, 6.45) is 0.939. The van der Waals surface area contributed by atoms with Crippen molar-refractivity contribution in [2.75, 3.05) is 7.11 Å². The minimum atomic E-state index is 0.235. The van der Waals surface area contributed by atoms with Gasteiger partial charge in [-0.2, -0.15) is 0 Å². The Balaban J connectivity index is 2.58. The summed E-state index contributed by atoms with van der Waals surface area (Å²) in [6, 6.07) is 4.27. The summed E-state index contributed by atoms with van der Waals surface area (Å²) in [4.78, 5) is 1.29. The molecule has 1 atom stereocenters. The van der Waals surface area contributed by atoms with Gasteiger partial charge in [0.1, 0.15) is 0 Å². The van der Waals surface area contributed by atoms with Crippen LogP contribution in [-0.4, -0.2) is 13.2 Å². The van der Waals surface area contributed by atoms with Gasteiger partial charge in [0, 0.05) is 10.9 Å². The second-order valence-electron chi connectivity index (χ2n) is 2.61. The van der Waals surface area contributed by atoms with E-state index in [0.717, 1.165) is 11.5 Å². The molecule has 11 heavy (non-hydrogen) atoms. The molecule has 0 saturated heterocycles. The summed E-state index contributed by atoms with van der Waals surface area (Å²) in [7, 11) is 1.68. The lowest BCUT2D eigenvalue weighted by Crippen LogP contribution is -2.16. The average molecular weight is 171 g/mol. The first kappa shape index (κ1) is 8.56. The Bertz CT molecular complexity index is 220. The molecule has 1 aromatic heterocycles. The Morgan fingerprint density at radius 1 is 1.64 bits per heavy atom. The molecule has 0 aliphatic carbocycles. The molecule has 2 nitrogen and oxygen atoms in total. The molecule has 0 saturated carbocycles. The maximum absolute atomic E-state index is 5.64. The van der Waals surface area contributed by atoms with E-state index >= 15 is 0 Å². The topological polar surface area (TPSA) is 35.2 Å². The number of rotatable bonds is 3. The molecule has 0 aliphatic rings. The molecular formula is C8H13NOS. The SMILES string of the molecule is COc1ccc(C[C@@H](C)N)s1. The van der Waals surface area contributed by atoms with E-state index in [2.05, 4.69) is 6.07 Å². The Morgan fingerprint density at radius 2 is 2.36 bits per heavy atom. The van der Waals surface area contributed by atoms with E-state index in [1.807, 2.05) is 13.0 Å². The van der Waals surface area contributed by atoms with Crippen molar-refractivity contribution in [1.82, 2.24) is 0 Å². The van der Waals surface area contributed by atoms with Crippen molar-refractivity contribution in [1.29, 1.82) is 0 Å². The zero-order valence-electron chi connectivity index (χ0n) is 6.83. The fourth-order valence-corrected chi connectivity index (χ4v) is 1.86. The van der Waals surface area contributed by atoms with Gasteiger partial charge in [0.2, 0.25) is 0 Å². The highest BCUT2D eigenvalue weighted by Gasteiger charge is 2.01. The zero-order valence-corrected chi connectivity index (χ0v) is 7.65. The van der Waals surface area contributed by atoms with Crippen LogP contribution in [0.2, 0.25) is 0 Å². The van der Waals surface area contributed by atoms with E-state index in [0.29, 0.717) is 0 Å². The number of ether oxygens (including phenoxy) is 1. The third kappa shape index (κ3) is 2.52. The van der Waals surface area contributed by atoms with Gasteiger partial charge in [-0.05, 0) is 25.5 Å². The second-order valence-corrected chi connectivity index (χ2v) is 3.74. The second kappa shape index (κ2) is 3.74. The average Bonchev–Trinajstić information content (AvgIpc) is 2.34. The van der Waals surface area contributed by atoms with Gasteiger partial charge in [-0.1, -0.05) is 0 Å². The van der Waals surface area contributed by atoms with Crippen molar-refractivity contribution in [3.05, 3.63) is 17.0 Å². The zero-order chi connectivity index (χ0) is 8.27. The summed E-state index contributed by atoms with van der Waals surface area (Å²) >= 11 is 1.66. The van der Waals surface area contributed by atoms with Gasteiger partial charge in [-0.3, -0.25) is 0 Å². The summed E-state index contributed by atoms with van der Waals surface area (Å²) in [5, 5.41) is 0.959. The smallest absolute Gasteiger partial charge is 0.173 e. The minimum absolute atomic E-state index is 0.235. The van der Waals surface area contributed by atoms with Crippen LogP contribution in [0.1, 0.15) is 11.8 Å². The van der Waals surface area contributed by atoms with Crippen molar-refractivity contribution in [3.63, 3.8) is 0 Å². The van der Waals surface area contributed by atoms with E-state index in [4.69, 9.17) is 10.5 Å². The molecule has 0 bridgehead atoms. The number of hydrogen-bond acceptors (Lipinski definition) is 3. The predicted molar refractivity (Wildman–Crippen MR) is 48.2 cm³/mol. The van der Waals surface area contributed by atoms with Gasteiger partial charge >= 0.3 is 0 Å². The molecule has 0 aromatic carbocycles. The number of nitrogens with two attached hydrogens (primary N) is 1. The highest BCUT2D eigenvalue weighted by molar-refractivity contribution is 7.13. The molecular weight excluding hydrogens is 158 g/mol. The molecule has 0 amide bonds. The van der Waals surface area contributed by atoms with Gasteiger partial charge < -0.3 is 10.5 Å². The van der Waals surface area contributed by atoms with Crippen LogP contribution >= 0.6 is 11.3 Å². The monoisotopic (exact) mass is 171 g/mol. The lowest BCUT2D eigenvalue weighted by molar-refractivity contribution is 0.427. The third-order valence-electron chi connectivity index (χ3n) is 1.36. The van der Waals surface area contributed by atoms with E-state index < -0.39 is 0 Å². The molecule has 0 fully saturated rings. The van der Waals surface area contributed by atoms with E-state index in [9.17, 15) is 0 Å². The van der Waals surface area contributed by atoms with Crippen LogP contribution in [0.15, 0.2) is 12.1 Å². The third-order valence-corrected chi connectivity index (χ3v) is 2.43. The van der Waals surface area contributed by atoms with Crippen molar-refractivity contribution in [2.45, 2.75) is 19.4 Å². The molecule has 0 spiro atoms. The molecule has 0 unspecified atom stereocenters. The van der Waals surface area contributed by atoms with Crippen LogP contribution in [0.25, 0.3) is 0 Å². The molecule has 2 N–H and O–H groups in total. The van der Waals surface area contributed by atoms with Crippen molar-refractivity contribution >= 4 is 11.3 Å². The molecule has 3 heteroatoms. The summed E-state index contributed by atoms with van der Waals surface area (Å²) < 4.78 is 5.05. The summed E-state index contributed by atoms with van der Waals surface area (Å²) in [5.74, 6) is 0. The van der Waals surface area contributed by atoms with Gasteiger partial charge in [-0.25, -0.2) is 0 Å². The van der Waals surface area contributed by atoms with Crippen molar-refractivity contribution in [2.24, 2.45) is 5.73 Å². The Morgan fingerprint density at radius 3 is 2.82 bits per heavy atom. The molecule has 1 aromatic rings. The van der Waals surface area contributed by atoms with E-state index in [1.54, 1.807) is 18.4 Å². The minimum Gasteiger partial charge on any atom is -0.487 e. The maximum atomic E-state index is 5.64. The van der Waals surface area contributed by atoms with Crippen molar-refractivity contribution in [3.8, 4) is 5.06 Å². The predicted octanol–water partition coefficient (Wildman–Crippen LogP) is 1.65. The van der Waals surface area contributed by atoms with E-state index in [1.165, 1.54) is 4.88 Å². The van der Waals surface area contributed by atoms with Crippen LogP contribution in [0.4, 0.5) is 0 Å². The van der Waals surface area contributed by atoms with Crippen LogP contribution in [0.5, 0.6) is 5.06 Å². The van der Waals surface area contributed by atoms with E-state index in [-0.39, 0.29) is 6.04 Å². The highest BCUT2D eigenvalue weighted by Crippen LogP contribution is 2.24. The number of methoxy groups -OCH3 is 1. The first-order valence-electron chi connectivity index (χ1n) is 3.60. The molecule has 62 valence electrons. The lowest BCUT2D eigenvalue weighted by atomic mass is 10.2. The molecule has 0 radical (unpaired) electrons. The first-order chi connectivity index (χ1) is 5.22. The summed E-state index contributed by atoms with van der Waals surface area (Å²) in [5.41, 5.74) is 5.64. The largest absolute Gasteiger partial charge is 0.487 e. The Labute approximate surface area is 71.0 Å². The van der Waals surface area contributed by atoms with Gasteiger partial charge in [-0.15, -0.1) is 11.3 Å². The lowest BCUT2D eigenvalue weighted by Gasteiger charge is -1.99. The highest BCUT2D eigenvalue weighted by atomic mass is 32.1. The van der Waals surface area contributed by atoms with Crippen LogP contribution in [0, 0.1) is 0 Å². The summed E-state index contributed by atoms with van der Waals surface area (Å²) in [6.45, 7) is 2.01. The van der Waals surface area contributed by atoms with Gasteiger partial charge in [0.05, 0.1) is 7.11 Å². The maximum Gasteiger partial charge on any atom is 0.173 e. The Kier molecular flexibility index (Phi) is 2.91. The number of hydrogen-bond donors (Lipinski definition) is 1. The van der Waals surface area contributed by atoms with Gasteiger partial charge in [0.15, 0.2) is 5.06 Å². The normalized spacial score (nSPS) is 13.0. The Hall–Kier alpha value is -0.540. The van der Waals surface area contributed by atoms with Crippen LogP contribution in [-0.2, 0) is 6.42 Å². The fraction of sp³-hybridized carbons (Fsp3) is 0.500. The molecule has 1 heterocycles. The number of thiophene rings is 1. The van der Waals surface area contributed by atoms with Crippen LogP contribution < -0.4 is 10.5 Å². The van der Waals surface area contributed by atoms with Gasteiger partial charge in [0.25, 0.3) is 0 Å².